The average molecular weight is 394 g/mol. The largest absolute Gasteiger partial charge is 0.355 e. The summed E-state index contributed by atoms with van der Waals surface area (Å²) in [5.41, 5.74) is 0.358. The van der Waals surface area contributed by atoms with Gasteiger partial charge in [-0.2, -0.15) is 0 Å². The lowest BCUT2D eigenvalue weighted by Crippen LogP contribution is -2.53. The van der Waals surface area contributed by atoms with Gasteiger partial charge in [0.1, 0.15) is 0 Å². The molecule has 1 atom stereocenters. The third-order valence-electron chi connectivity index (χ3n) is 6.04. The number of likely N-dealkylation sites (tertiary alicyclic amines) is 1. The van der Waals surface area contributed by atoms with Crippen LogP contribution in [0, 0.1) is 10.8 Å². The molecule has 5 nitrogen and oxygen atoms in total. The van der Waals surface area contributed by atoms with Gasteiger partial charge in [-0.1, -0.05) is 25.1 Å². The summed E-state index contributed by atoms with van der Waals surface area (Å²) in [6.07, 6.45) is 3.87. The highest BCUT2D eigenvalue weighted by molar-refractivity contribution is 5.95. The molecule has 2 fully saturated rings. The number of nitrogens with one attached hydrogen (secondary N) is 2. The number of carbonyl (C=O) groups is 2. The Bertz CT molecular complexity index is 646. The smallest absolute Gasteiger partial charge is 0.253 e. The van der Waals surface area contributed by atoms with Gasteiger partial charge in [-0.3, -0.25) is 9.59 Å². The predicted octanol–water partition coefficient (Wildman–Crippen LogP) is 2.86. The molecule has 27 heavy (non-hydrogen) atoms. The fourth-order valence-corrected chi connectivity index (χ4v) is 4.08. The molecule has 2 amide bonds. The van der Waals surface area contributed by atoms with E-state index in [1.807, 2.05) is 42.2 Å². The number of amides is 2. The molecule has 1 aromatic carbocycles. The van der Waals surface area contributed by atoms with Crippen molar-refractivity contribution in [3.05, 3.63) is 35.9 Å². The van der Waals surface area contributed by atoms with Crippen LogP contribution in [0.2, 0.25) is 0 Å². The summed E-state index contributed by atoms with van der Waals surface area (Å²) >= 11 is 0. The Morgan fingerprint density at radius 1 is 1.11 bits per heavy atom. The number of carbonyl (C=O) groups excluding carboxylic acids is 2. The number of hydrogen-bond donors (Lipinski definition) is 2. The number of benzene rings is 1. The molecule has 0 saturated carbocycles. The van der Waals surface area contributed by atoms with Crippen LogP contribution in [0.5, 0.6) is 0 Å². The number of hydrogen-bond acceptors (Lipinski definition) is 3. The molecular formula is C21H32ClN3O2. The van der Waals surface area contributed by atoms with Gasteiger partial charge < -0.3 is 15.5 Å². The van der Waals surface area contributed by atoms with Crippen molar-refractivity contribution >= 4 is 24.2 Å². The first-order valence-electron chi connectivity index (χ1n) is 9.75. The van der Waals surface area contributed by atoms with Crippen molar-refractivity contribution < 1.29 is 9.59 Å². The summed E-state index contributed by atoms with van der Waals surface area (Å²) in [6.45, 7) is 8.21. The zero-order chi connectivity index (χ0) is 18.6. The quantitative estimate of drug-likeness (QED) is 0.826. The van der Waals surface area contributed by atoms with Crippen LogP contribution >= 0.6 is 12.4 Å². The highest BCUT2D eigenvalue weighted by atomic mass is 35.5. The minimum absolute atomic E-state index is 0. The number of nitrogens with zero attached hydrogens (tertiary/aromatic N) is 1. The SMILES string of the molecule is CC1(CNC(=O)C2(C)CCCN(C(=O)c3ccccc3)C2)CCNCC1.Cl. The van der Waals surface area contributed by atoms with E-state index in [0.29, 0.717) is 12.1 Å². The Morgan fingerprint density at radius 2 is 1.78 bits per heavy atom. The van der Waals surface area contributed by atoms with E-state index in [1.165, 1.54) is 0 Å². The maximum Gasteiger partial charge on any atom is 0.253 e. The van der Waals surface area contributed by atoms with Crippen molar-refractivity contribution in [3.63, 3.8) is 0 Å². The molecular weight excluding hydrogens is 362 g/mol. The Balaban J connectivity index is 0.00000261. The second kappa shape index (κ2) is 9.07. The van der Waals surface area contributed by atoms with Crippen LogP contribution in [0.4, 0.5) is 0 Å². The molecule has 0 radical (unpaired) electrons. The third kappa shape index (κ3) is 5.23. The van der Waals surface area contributed by atoms with Gasteiger partial charge in [-0.05, 0) is 63.2 Å². The zero-order valence-electron chi connectivity index (χ0n) is 16.4. The van der Waals surface area contributed by atoms with Crippen LogP contribution < -0.4 is 10.6 Å². The molecule has 2 aliphatic heterocycles. The lowest BCUT2D eigenvalue weighted by atomic mass is 9.78. The van der Waals surface area contributed by atoms with Crippen molar-refractivity contribution in [3.8, 4) is 0 Å². The lowest BCUT2D eigenvalue weighted by molar-refractivity contribution is -0.133. The molecule has 2 N–H and O–H groups in total. The Hall–Kier alpha value is -1.59. The van der Waals surface area contributed by atoms with E-state index in [0.717, 1.165) is 51.9 Å². The monoisotopic (exact) mass is 393 g/mol. The van der Waals surface area contributed by atoms with Gasteiger partial charge >= 0.3 is 0 Å². The van der Waals surface area contributed by atoms with Crippen LogP contribution in [0.15, 0.2) is 30.3 Å². The number of halogens is 1. The summed E-state index contributed by atoms with van der Waals surface area (Å²) in [5, 5.41) is 6.57. The molecule has 2 heterocycles. The summed E-state index contributed by atoms with van der Waals surface area (Å²) in [6, 6.07) is 9.34. The van der Waals surface area contributed by atoms with E-state index in [9.17, 15) is 9.59 Å². The molecule has 2 saturated heterocycles. The normalized spacial score (nSPS) is 24.6. The van der Waals surface area contributed by atoms with Gasteiger partial charge in [-0.15, -0.1) is 12.4 Å². The first-order valence-corrected chi connectivity index (χ1v) is 9.75. The molecule has 3 rings (SSSR count). The minimum atomic E-state index is -0.508. The minimum Gasteiger partial charge on any atom is -0.355 e. The second-order valence-corrected chi connectivity index (χ2v) is 8.50. The highest BCUT2D eigenvalue weighted by Crippen LogP contribution is 2.32. The van der Waals surface area contributed by atoms with E-state index in [4.69, 9.17) is 0 Å². The molecule has 150 valence electrons. The van der Waals surface area contributed by atoms with Gasteiger partial charge in [0.15, 0.2) is 0 Å². The Morgan fingerprint density at radius 3 is 2.44 bits per heavy atom. The molecule has 1 unspecified atom stereocenters. The predicted molar refractivity (Wildman–Crippen MR) is 110 cm³/mol. The number of piperidine rings is 2. The molecule has 0 aromatic heterocycles. The Kier molecular flexibility index (Phi) is 7.29. The summed E-state index contributed by atoms with van der Waals surface area (Å²) < 4.78 is 0. The van der Waals surface area contributed by atoms with Gasteiger partial charge in [0.25, 0.3) is 5.91 Å². The zero-order valence-corrected chi connectivity index (χ0v) is 17.2. The fraction of sp³-hybridized carbons (Fsp3) is 0.619. The summed E-state index contributed by atoms with van der Waals surface area (Å²) in [7, 11) is 0. The van der Waals surface area contributed by atoms with Crippen molar-refractivity contribution in [2.75, 3.05) is 32.7 Å². The van der Waals surface area contributed by atoms with Crippen LogP contribution in [0.1, 0.15) is 49.9 Å². The van der Waals surface area contributed by atoms with Crippen molar-refractivity contribution in [1.29, 1.82) is 0 Å². The molecule has 0 spiro atoms. The van der Waals surface area contributed by atoms with Gasteiger partial charge in [0.2, 0.25) is 5.91 Å². The summed E-state index contributed by atoms with van der Waals surface area (Å²) in [4.78, 5) is 27.5. The van der Waals surface area contributed by atoms with Crippen LogP contribution in [0.25, 0.3) is 0 Å². The first kappa shape index (κ1) is 21.7. The van der Waals surface area contributed by atoms with Gasteiger partial charge in [0, 0.05) is 25.2 Å². The van der Waals surface area contributed by atoms with E-state index in [1.54, 1.807) is 0 Å². The standard InChI is InChI=1S/C21H31N3O2.ClH/c1-20(10-12-22-13-11-20)15-23-19(26)21(2)9-6-14-24(16-21)18(25)17-7-4-3-5-8-17;/h3-5,7-8,22H,6,9-16H2,1-2H3,(H,23,26);1H. The second-order valence-electron chi connectivity index (χ2n) is 8.50. The van der Waals surface area contributed by atoms with Crippen LogP contribution in [-0.4, -0.2) is 49.4 Å². The van der Waals surface area contributed by atoms with E-state index in [2.05, 4.69) is 17.6 Å². The molecule has 0 bridgehead atoms. The van der Waals surface area contributed by atoms with E-state index >= 15 is 0 Å². The lowest BCUT2D eigenvalue weighted by Gasteiger charge is -2.41. The third-order valence-corrected chi connectivity index (χ3v) is 6.04. The fourth-order valence-electron chi connectivity index (χ4n) is 4.08. The average Bonchev–Trinajstić information content (AvgIpc) is 2.67. The van der Waals surface area contributed by atoms with Crippen LogP contribution in [-0.2, 0) is 4.79 Å². The first-order chi connectivity index (χ1) is 12.4. The maximum absolute atomic E-state index is 12.9. The Labute approximate surface area is 168 Å². The molecule has 6 heteroatoms. The van der Waals surface area contributed by atoms with Crippen LogP contribution in [0.3, 0.4) is 0 Å². The van der Waals surface area contributed by atoms with E-state index in [-0.39, 0.29) is 29.6 Å². The molecule has 1 aromatic rings. The summed E-state index contributed by atoms with van der Waals surface area (Å²) in [5.74, 6) is 0.109. The van der Waals surface area contributed by atoms with Crippen molar-refractivity contribution in [2.45, 2.75) is 39.5 Å². The molecule has 0 aliphatic carbocycles. The van der Waals surface area contributed by atoms with Gasteiger partial charge in [-0.25, -0.2) is 0 Å². The van der Waals surface area contributed by atoms with Crippen molar-refractivity contribution in [2.24, 2.45) is 10.8 Å². The van der Waals surface area contributed by atoms with E-state index < -0.39 is 5.41 Å². The highest BCUT2D eigenvalue weighted by Gasteiger charge is 2.40. The maximum atomic E-state index is 12.9. The topological polar surface area (TPSA) is 61.4 Å². The molecule has 2 aliphatic rings. The number of rotatable bonds is 4. The van der Waals surface area contributed by atoms with Crippen molar-refractivity contribution in [1.82, 2.24) is 15.5 Å². The van der Waals surface area contributed by atoms with Gasteiger partial charge in [0.05, 0.1) is 5.41 Å².